The van der Waals surface area contributed by atoms with Crippen LogP contribution in [0.3, 0.4) is 0 Å². The van der Waals surface area contributed by atoms with E-state index in [2.05, 4.69) is 40.0 Å². The quantitative estimate of drug-likeness (QED) is 0.315. The van der Waals surface area contributed by atoms with Gasteiger partial charge in [-0.3, -0.25) is 4.68 Å². The van der Waals surface area contributed by atoms with Gasteiger partial charge in [-0.2, -0.15) is 5.10 Å². The van der Waals surface area contributed by atoms with Crippen molar-refractivity contribution in [1.82, 2.24) is 15.1 Å². The minimum absolute atomic E-state index is 0.249. The summed E-state index contributed by atoms with van der Waals surface area (Å²) in [6, 6.07) is 14.2. The molecule has 1 fully saturated rings. The number of rotatable bonds is 9. The van der Waals surface area contributed by atoms with Crippen LogP contribution in [0.15, 0.2) is 42.5 Å². The van der Waals surface area contributed by atoms with Crippen molar-refractivity contribution in [2.24, 2.45) is 0 Å². The van der Waals surface area contributed by atoms with E-state index in [9.17, 15) is 0 Å². The van der Waals surface area contributed by atoms with Crippen molar-refractivity contribution in [2.75, 3.05) is 59.5 Å². The van der Waals surface area contributed by atoms with Crippen LogP contribution >= 0.6 is 0 Å². The fraction of sp³-hybridized carbons (Fsp3) is 0.406. The number of fused-ring (bicyclic) bond motifs is 2. The van der Waals surface area contributed by atoms with Crippen LogP contribution in [0.1, 0.15) is 35.4 Å². The maximum Gasteiger partial charge on any atom is 0.185 e. The predicted octanol–water partition coefficient (Wildman–Crippen LogP) is 4.77. The van der Waals surface area contributed by atoms with Crippen molar-refractivity contribution in [3.63, 3.8) is 0 Å². The average molecular weight is 559 g/mol. The number of piperazine rings is 1. The number of para-hydroxylation sites is 1. The zero-order valence-corrected chi connectivity index (χ0v) is 24.5. The van der Waals surface area contributed by atoms with Gasteiger partial charge in [-0.15, -0.1) is 0 Å². The molecule has 2 aliphatic heterocycles. The van der Waals surface area contributed by atoms with Crippen LogP contribution in [0, 0.1) is 0 Å². The second-order valence-electron chi connectivity index (χ2n) is 10.4. The molecular formula is C32H38N4O5. The Balaban J connectivity index is 1.61. The molecule has 41 heavy (non-hydrogen) atoms. The van der Waals surface area contributed by atoms with Gasteiger partial charge in [-0.25, -0.2) is 0 Å². The molecule has 9 nitrogen and oxygen atoms in total. The molecule has 1 N–H and O–H groups in total. The van der Waals surface area contributed by atoms with E-state index in [0.29, 0.717) is 23.8 Å². The molecule has 0 bridgehead atoms. The second-order valence-corrected chi connectivity index (χ2v) is 10.4. The Morgan fingerprint density at radius 1 is 0.927 bits per heavy atom. The van der Waals surface area contributed by atoms with Gasteiger partial charge in [0.05, 0.1) is 62.8 Å². The molecule has 0 radical (unpaired) electrons. The standard InChI is InChI=1S/C32H38N4O5/c1-6-22-27-29(36(34-22)19-20-11-12-24(37-2)25(17-20)38-3)28(26-18-21-9-7-8-10-23(21)41-26)31(39-4)32(40-5)30(27)35-15-13-33-14-16-35/h7-12,17,26,33H,6,13-16,18-19H2,1-5H3. The van der Waals surface area contributed by atoms with Gasteiger partial charge in [0.25, 0.3) is 0 Å². The lowest BCUT2D eigenvalue weighted by atomic mass is 9.96. The molecule has 1 aromatic heterocycles. The number of hydrogen-bond donors (Lipinski definition) is 1. The number of ether oxygens (including phenoxy) is 5. The molecule has 1 unspecified atom stereocenters. The smallest absolute Gasteiger partial charge is 0.185 e. The molecule has 2 aliphatic rings. The normalized spacial score (nSPS) is 16.4. The van der Waals surface area contributed by atoms with Crippen molar-refractivity contribution in [1.29, 1.82) is 0 Å². The number of hydrogen-bond acceptors (Lipinski definition) is 8. The van der Waals surface area contributed by atoms with Gasteiger partial charge in [0, 0.05) is 32.6 Å². The number of methoxy groups -OCH3 is 4. The molecular weight excluding hydrogens is 520 g/mol. The van der Waals surface area contributed by atoms with Gasteiger partial charge in [-0.05, 0) is 35.7 Å². The third kappa shape index (κ3) is 4.68. The van der Waals surface area contributed by atoms with Crippen LogP contribution in [0.5, 0.6) is 28.7 Å². The number of nitrogens with one attached hydrogen (secondary N) is 1. The Morgan fingerprint density at radius 3 is 2.37 bits per heavy atom. The Morgan fingerprint density at radius 2 is 1.68 bits per heavy atom. The van der Waals surface area contributed by atoms with Gasteiger partial charge in [0.1, 0.15) is 11.9 Å². The van der Waals surface area contributed by atoms with E-state index < -0.39 is 0 Å². The van der Waals surface area contributed by atoms with E-state index in [1.54, 1.807) is 28.4 Å². The minimum Gasteiger partial charge on any atom is -0.493 e. The summed E-state index contributed by atoms with van der Waals surface area (Å²) in [5, 5.41) is 9.80. The van der Waals surface area contributed by atoms with E-state index in [0.717, 1.165) is 83.9 Å². The number of nitrogens with zero attached hydrogens (tertiary/aromatic N) is 3. The van der Waals surface area contributed by atoms with Gasteiger partial charge < -0.3 is 33.9 Å². The monoisotopic (exact) mass is 558 g/mol. The first-order valence-electron chi connectivity index (χ1n) is 14.2. The van der Waals surface area contributed by atoms with Crippen LogP contribution in [0.4, 0.5) is 5.69 Å². The maximum absolute atomic E-state index is 6.61. The third-order valence-electron chi connectivity index (χ3n) is 8.11. The highest BCUT2D eigenvalue weighted by atomic mass is 16.5. The molecule has 0 spiro atoms. The molecule has 1 saturated heterocycles. The molecule has 1 atom stereocenters. The lowest BCUT2D eigenvalue weighted by Crippen LogP contribution is -2.43. The Kier molecular flexibility index (Phi) is 7.53. The zero-order valence-electron chi connectivity index (χ0n) is 24.5. The highest BCUT2D eigenvalue weighted by Gasteiger charge is 2.36. The summed E-state index contributed by atoms with van der Waals surface area (Å²) in [6.07, 6.45) is 1.26. The van der Waals surface area contributed by atoms with E-state index >= 15 is 0 Å². The first kappa shape index (κ1) is 27.1. The second kappa shape index (κ2) is 11.4. The summed E-state index contributed by atoms with van der Waals surface area (Å²) in [7, 11) is 6.75. The summed E-state index contributed by atoms with van der Waals surface area (Å²) in [6.45, 7) is 6.23. The predicted molar refractivity (Wildman–Crippen MR) is 159 cm³/mol. The van der Waals surface area contributed by atoms with Crippen LogP contribution in [0.25, 0.3) is 10.9 Å². The third-order valence-corrected chi connectivity index (χ3v) is 8.11. The molecule has 0 saturated carbocycles. The molecule has 3 heterocycles. The van der Waals surface area contributed by atoms with Gasteiger partial charge in [-0.1, -0.05) is 31.2 Å². The Bertz CT molecular complexity index is 1530. The molecule has 216 valence electrons. The van der Waals surface area contributed by atoms with Crippen molar-refractivity contribution in [3.05, 3.63) is 64.8 Å². The van der Waals surface area contributed by atoms with Gasteiger partial charge in [0.2, 0.25) is 0 Å². The van der Waals surface area contributed by atoms with Crippen molar-refractivity contribution < 1.29 is 23.7 Å². The summed E-state index contributed by atoms with van der Waals surface area (Å²) < 4.78 is 32.2. The Hall–Kier alpha value is -4.11. The van der Waals surface area contributed by atoms with Crippen molar-refractivity contribution in [3.8, 4) is 28.7 Å². The van der Waals surface area contributed by atoms with E-state index in [1.807, 2.05) is 24.3 Å². The summed E-state index contributed by atoms with van der Waals surface area (Å²) in [4.78, 5) is 2.40. The SMILES string of the molecule is CCc1nn(Cc2ccc(OC)c(OC)c2)c2c(C3Cc4ccccc4O3)c(OC)c(OC)c(N3CCNCC3)c12. The van der Waals surface area contributed by atoms with E-state index in [-0.39, 0.29) is 6.10 Å². The molecule has 9 heteroatoms. The van der Waals surface area contributed by atoms with Crippen LogP contribution in [-0.4, -0.2) is 64.4 Å². The molecule has 0 amide bonds. The molecule has 6 rings (SSSR count). The van der Waals surface area contributed by atoms with Crippen LogP contribution < -0.4 is 33.9 Å². The summed E-state index contributed by atoms with van der Waals surface area (Å²) >= 11 is 0. The fourth-order valence-corrected chi connectivity index (χ4v) is 6.22. The fourth-order valence-electron chi connectivity index (χ4n) is 6.22. The lowest BCUT2D eigenvalue weighted by molar-refractivity contribution is 0.231. The number of anilines is 1. The lowest BCUT2D eigenvalue weighted by Gasteiger charge is -2.33. The van der Waals surface area contributed by atoms with Crippen LogP contribution in [0.2, 0.25) is 0 Å². The maximum atomic E-state index is 6.61. The molecule has 3 aromatic carbocycles. The molecule has 0 aliphatic carbocycles. The molecule has 4 aromatic rings. The highest BCUT2D eigenvalue weighted by molar-refractivity contribution is 6.03. The van der Waals surface area contributed by atoms with Gasteiger partial charge >= 0.3 is 0 Å². The minimum atomic E-state index is -0.249. The summed E-state index contributed by atoms with van der Waals surface area (Å²) in [5.74, 6) is 3.72. The van der Waals surface area contributed by atoms with Crippen molar-refractivity contribution in [2.45, 2.75) is 32.4 Å². The topological polar surface area (TPSA) is 79.2 Å². The number of aryl methyl sites for hydroxylation is 1. The largest absolute Gasteiger partial charge is 0.493 e. The average Bonchev–Trinajstić information content (AvgIpc) is 3.61. The highest BCUT2D eigenvalue weighted by Crippen LogP contribution is 2.53. The first-order valence-corrected chi connectivity index (χ1v) is 14.2. The zero-order chi connectivity index (χ0) is 28.5. The summed E-state index contributed by atoms with van der Waals surface area (Å²) in [5.41, 5.74) is 6.26. The van der Waals surface area contributed by atoms with Gasteiger partial charge in [0.15, 0.2) is 23.0 Å². The Labute approximate surface area is 240 Å². The first-order chi connectivity index (χ1) is 20.1. The number of benzene rings is 3. The van der Waals surface area contributed by atoms with Crippen molar-refractivity contribution >= 4 is 16.6 Å². The van der Waals surface area contributed by atoms with E-state index in [4.69, 9.17) is 28.8 Å². The van der Waals surface area contributed by atoms with Crippen LogP contribution in [-0.2, 0) is 19.4 Å². The van der Waals surface area contributed by atoms with E-state index in [1.165, 1.54) is 5.56 Å². The number of aromatic nitrogens is 2.